The van der Waals surface area contributed by atoms with Gasteiger partial charge in [0.2, 0.25) is 5.91 Å². The minimum atomic E-state index is -0.434. The van der Waals surface area contributed by atoms with Crippen LogP contribution in [0.1, 0.15) is 15.9 Å². The average molecular weight is 310 g/mol. The molecule has 22 heavy (non-hydrogen) atoms. The molecule has 0 aliphatic rings. The third kappa shape index (κ3) is 2.82. The molecule has 0 spiro atoms. The van der Waals surface area contributed by atoms with Crippen LogP contribution in [-0.4, -0.2) is 20.7 Å². The van der Waals surface area contributed by atoms with Gasteiger partial charge in [-0.3, -0.25) is 14.5 Å². The van der Waals surface area contributed by atoms with E-state index in [0.29, 0.717) is 16.9 Å². The van der Waals surface area contributed by atoms with E-state index in [4.69, 9.17) is 18.0 Å². The lowest BCUT2D eigenvalue weighted by Gasteiger charge is -2.07. The molecule has 110 valence electrons. The fraction of sp³-hybridized carbons (Fsp3) is 0.0625. The first-order chi connectivity index (χ1) is 10.6. The van der Waals surface area contributed by atoms with E-state index in [2.05, 4.69) is 10.2 Å². The normalized spacial score (nSPS) is 10.5. The van der Waals surface area contributed by atoms with Gasteiger partial charge in [0.25, 0.3) is 0 Å². The first-order valence-corrected chi connectivity index (χ1v) is 7.15. The van der Waals surface area contributed by atoms with Crippen molar-refractivity contribution in [3.8, 4) is 11.4 Å². The van der Waals surface area contributed by atoms with E-state index < -0.39 is 5.91 Å². The topological polar surface area (TPSA) is 76.7 Å². The lowest BCUT2D eigenvalue weighted by Crippen LogP contribution is -2.11. The minimum Gasteiger partial charge on any atom is -0.366 e. The zero-order valence-electron chi connectivity index (χ0n) is 11.7. The van der Waals surface area contributed by atoms with Crippen LogP contribution in [0.3, 0.4) is 0 Å². The second-order valence-electron chi connectivity index (χ2n) is 4.87. The predicted octanol–water partition coefficient (Wildman–Crippen LogP) is 2.75. The van der Waals surface area contributed by atoms with Gasteiger partial charge in [0.15, 0.2) is 10.6 Å². The van der Waals surface area contributed by atoms with Crippen LogP contribution in [0.25, 0.3) is 11.4 Å². The molecule has 0 atom stereocenters. The molecule has 2 aromatic carbocycles. The molecule has 0 aliphatic heterocycles. The van der Waals surface area contributed by atoms with Crippen LogP contribution in [-0.2, 0) is 6.54 Å². The number of hydrogen-bond donors (Lipinski definition) is 2. The number of carbonyl (C=O) groups excluding carboxylic acids is 1. The van der Waals surface area contributed by atoms with Crippen LogP contribution in [0.4, 0.5) is 0 Å². The lowest BCUT2D eigenvalue weighted by atomic mass is 10.1. The van der Waals surface area contributed by atoms with Crippen molar-refractivity contribution in [2.75, 3.05) is 0 Å². The second kappa shape index (κ2) is 5.95. The molecule has 1 aromatic heterocycles. The zero-order valence-corrected chi connectivity index (χ0v) is 12.5. The fourth-order valence-electron chi connectivity index (χ4n) is 2.23. The van der Waals surface area contributed by atoms with Crippen molar-refractivity contribution in [3.63, 3.8) is 0 Å². The van der Waals surface area contributed by atoms with Crippen LogP contribution >= 0.6 is 12.2 Å². The summed E-state index contributed by atoms with van der Waals surface area (Å²) in [4.78, 5) is 11.1. The number of benzene rings is 2. The molecular formula is C16H14N4OS. The summed E-state index contributed by atoms with van der Waals surface area (Å²) in [5.74, 6) is 0.348. The number of nitrogens with zero attached hydrogens (tertiary/aromatic N) is 2. The molecule has 3 N–H and O–H groups in total. The van der Waals surface area contributed by atoms with E-state index in [1.54, 1.807) is 12.1 Å². The summed E-state index contributed by atoms with van der Waals surface area (Å²) in [6.07, 6.45) is 0. The fourth-order valence-corrected chi connectivity index (χ4v) is 2.43. The number of primary amides is 1. The van der Waals surface area contributed by atoms with Crippen molar-refractivity contribution in [1.29, 1.82) is 0 Å². The van der Waals surface area contributed by atoms with Gasteiger partial charge in [-0.05, 0) is 29.9 Å². The molecule has 5 nitrogen and oxygen atoms in total. The van der Waals surface area contributed by atoms with Crippen molar-refractivity contribution in [2.24, 2.45) is 5.73 Å². The summed E-state index contributed by atoms with van der Waals surface area (Å²) >= 11 is 5.31. The van der Waals surface area contributed by atoms with Crippen molar-refractivity contribution < 1.29 is 4.79 Å². The number of H-pyrrole nitrogens is 1. The quantitative estimate of drug-likeness (QED) is 0.727. The molecule has 1 amide bonds. The Balaban J connectivity index is 1.94. The highest BCUT2D eigenvalue weighted by atomic mass is 32.1. The highest BCUT2D eigenvalue weighted by Gasteiger charge is 2.09. The van der Waals surface area contributed by atoms with E-state index >= 15 is 0 Å². The van der Waals surface area contributed by atoms with Crippen LogP contribution in [0.2, 0.25) is 0 Å². The minimum absolute atomic E-state index is 0.434. The lowest BCUT2D eigenvalue weighted by molar-refractivity contribution is 0.100. The summed E-state index contributed by atoms with van der Waals surface area (Å²) in [5.41, 5.74) is 7.74. The number of aromatic nitrogens is 3. The molecule has 0 aliphatic carbocycles. The van der Waals surface area contributed by atoms with Gasteiger partial charge in [-0.1, -0.05) is 42.5 Å². The van der Waals surface area contributed by atoms with Gasteiger partial charge in [0.05, 0.1) is 6.54 Å². The van der Waals surface area contributed by atoms with E-state index in [1.165, 1.54) is 0 Å². The first kappa shape index (κ1) is 14.2. The number of nitrogens with one attached hydrogen (secondary N) is 1. The standard InChI is InChI=1S/C16H14N4OS/c17-14(21)12-8-6-11(7-9-12)10-20-15(18-19-16(20)22)13-4-2-1-3-5-13/h1-9H,10H2,(H2,17,21)(H,19,22). The first-order valence-electron chi connectivity index (χ1n) is 6.74. The van der Waals surface area contributed by atoms with Gasteiger partial charge in [0.1, 0.15) is 0 Å². The molecule has 0 bridgehead atoms. The zero-order chi connectivity index (χ0) is 15.5. The molecule has 0 fully saturated rings. The van der Waals surface area contributed by atoms with Gasteiger partial charge in [-0.2, -0.15) is 5.10 Å². The van der Waals surface area contributed by atoms with Crippen LogP contribution in [0.5, 0.6) is 0 Å². The molecule has 0 unspecified atom stereocenters. The van der Waals surface area contributed by atoms with Crippen molar-refractivity contribution in [1.82, 2.24) is 14.8 Å². The maximum atomic E-state index is 11.1. The largest absolute Gasteiger partial charge is 0.366 e. The molecule has 6 heteroatoms. The summed E-state index contributed by atoms with van der Waals surface area (Å²) < 4.78 is 2.47. The molecule has 0 saturated heterocycles. The SMILES string of the molecule is NC(=O)c1ccc(Cn2c(-c3ccccc3)n[nH]c2=S)cc1. The van der Waals surface area contributed by atoms with Gasteiger partial charge < -0.3 is 5.73 Å². The molecule has 3 aromatic rings. The monoisotopic (exact) mass is 310 g/mol. The summed E-state index contributed by atoms with van der Waals surface area (Å²) in [6, 6.07) is 17.0. The Morgan fingerprint density at radius 2 is 1.82 bits per heavy atom. The van der Waals surface area contributed by atoms with Gasteiger partial charge >= 0.3 is 0 Å². The Kier molecular flexibility index (Phi) is 3.84. The maximum absolute atomic E-state index is 11.1. The number of aromatic amines is 1. The van der Waals surface area contributed by atoms with E-state index in [1.807, 2.05) is 47.0 Å². The van der Waals surface area contributed by atoms with Crippen molar-refractivity contribution in [3.05, 3.63) is 70.5 Å². The Hall–Kier alpha value is -2.73. The van der Waals surface area contributed by atoms with Crippen LogP contribution in [0.15, 0.2) is 54.6 Å². The second-order valence-corrected chi connectivity index (χ2v) is 5.25. The predicted molar refractivity (Wildman–Crippen MR) is 86.9 cm³/mol. The number of carbonyl (C=O) groups is 1. The summed E-state index contributed by atoms with van der Waals surface area (Å²) in [6.45, 7) is 0.568. The summed E-state index contributed by atoms with van der Waals surface area (Å²) in [5, 5.41) is 7.13. The molecule has 1 heterocycles. The highest BCUT2D eigenvalue weighted by molar-refractivity contribution is 7.71. The third-order valence-electron chi connectivity index (χ3n) is 3.37. The highest BCUT2D eigenvalue weighted by Crippen LogP contribution is 2.18. The van der Waals surface area contributed by atoms with E-state index in [0.717, 1.165) is 17.0 Å². The summed E-state index contributed by atoms with van der Waals surface area (Å²) in [7, 11) is 0. The van der Waals surface area contributed by atoms with Gasteiger partial charge in [0, 0.05) is 11.1 Å². The number of amides is 1. The van der Waals surface area contributed by atoms with E-state index in [-0.39, 0.29) is 0 Å². The van der Waals surface area contributed by atoms with Crippen LogP contribution < -0.4 is 5.73 Å². The molecule has 0 saturated carbocycles. The molecular weight excluding hydrogens is 296 g/mol. The van der Waals surface area contributed by atoms with E-state index in [9.17, 15) is 4.79 Å². The van der Waals surface area contributed by atoms with Crippen molar-refractivity contribution >= 4 is 18.1 Å². The Morgan fingerprint density at radius 3 is 2.45 bits per heavy atom. The number of hydrogen-bond acceptors (Lipinski definition) is 3. The van der Waals surface area contributed by atoms with Gasteiger partial charge in [-0.15, -0.1) is 0 Å². The van der Waals surface area contributed by atoms with Gasteiger partial charge in [-0.25, -0.2) is 0 Å². The average Bonchev–Trinajstić information content (AvgIpc) is 2.90. The van der Waals surface area contributed by atoms with Crippen molar-refractivity contribution in [2.45, 2.75) is 6.54 Å². The Labute approximate surface area is 132 Å². The maximum Gasteiger partial charge on any atom is 0.248 e. The Bertz CT molecular complexity index is 850. The number of nitrogens with two attached hydrogens (primary N) is 1. The van der Waals surface area contributed by atoms with Crippen LogP contribution in [0, 0.1) is 4.77 Å². The Morgan fingerprint density at radius 1 is 1.14 bits per heavy atom. The smallest absolute Gasteiger partial charge is 0.248 e. The molecule has 0 radical (unpaired) electrons. The number of rotatable bonds is 4. The third-order valence-corrected chi connectivity index (χ3v) is 3.68. The molecule has 3 rings (SSSR count).